The smallest absolute Gasteiger partial charge is 0.303 e. The number of hydrogen-bond acceptors (Lipinski definition) is 4. The van der Waals surface area contributed by atoms with Crippen LogP contribution in [-0.4, -0.2) is 35.5 Å². The van der Waals surface area contributed by atoms with Crippen molar-refractivity contribution in [2.75, 3.05) is 6.54 Å². The first-order valence-corrected chi connectivity index (χ1v) is 4.47. The molecule has 0 bridgehead atoms. The van der Waals surface area contributed by atoms with Crippen molar-refractivity contribution < 1.29 is 19.5 Å². The Morgan fingerprint density at radius 1 is 1.33 bits per heavy atom. The predicted octanol–water partition coefficient (Wildman–Crippen LogP) is -1.83. The zero-order valence-electron chi connectivity index (χ0n) is 8.23. The second-order valence-electron chi connectivity index (χ2n) is 3.07. The fourth-order valence-corrected chi connectivity index (χ4v) is 0.892. The molecule has 0 aromatic rings. The van der Waals surface area contributed by atoms with Gasteiger partial charge in [-0.2, -0.15) is 0 Å². The van der Waals surface area contributed by atoms with Crippen molar-refractivity contribution in [2.24, 2.45) is 11.5 Å². The summed E-state index contributed by atoms with van der Waals surface area (Å²) in [6.07, 6.45) is 0.0838. The molecule has 0 saturated carbocycles. The SMILES string of the molecule is NC(=O)C[C@H](N)C(=O)NCCCC(=O)O. The highest BCUT2D eigenvalue weighted by atomic mass is 16.4. The van der Waals surface area contributed by atoms with Crippen LogP contribution in [0.25, 0.3) is 0 Å². The minimum absolute atomic E-state index is 0.0225. The second-order valence-corrected chi connectivity index (χ2v) is 3.07. The van der Waals surface area contributed by atoms with Crippen LogP contribution in [0.3, 0.4) is 0 Å². The maximum Gasteiger partial charge on any atom is 0.303 e. The van der Waals surface area contributed by atoms with E-state index in [1.54, 1.807) is 0 Å². The number of hydrogen-bond donors (Lipinski definition) is 4. The van der Waals surface area contributed by atoms with Gasteiger partial charge in [0.25, 0.3) is 0 Å². The topological polar surface area (TPSA) is 136 Å². The van der Waals surface area contributed by atoms with E-state index in [2.05, 4.69) is 5.32 Å². The first kappa shape index (κ1) is 13.4. The standard InChI is InChI=1S/C8H15N3O4/c9-5(4-6(10)12)8(15)11-3-1-2-7(13)14/h5H,1-4,9H2,(H2,10,12)(H,11,15)(H,13,14)/t5-/m0/s1. The summed E-state index contributed by atoms with van der Waals surface area (Å²) in [4.78, 5) is 31.7. The van der Waals surface area contributed by atoms with Crippen LogP contribution in [0.15, 0.2) is 0 Å². The van der Waals surface area contributed by atoms with Gasteiger partial charge in [-0.05, 0) is 6.42 Å². The van der Waals surface area contributed by atoms with Crippen molar-refractivity contribution in [2.45, 2.75) is 25.3 Å². The van der Waals surface area contributed by atoms with E-state index in [4.69, 9.17) is 16.6 Å². The Labute approximate surface area is 86.8 Å². The van der Waals surface area contributed by atoms with Gasteiger partial charge in [-0.3, -0.25) is 14.4 Å². The number of primary amides is 1. The Kier molecular flexibility index (Phi) is 6.03. The van der Waals surface area contributed by atoms with Crippen molar-refractivity contribution >= 4 is 17.8 Å². The average molecular weight is 217 g/mol. The van der Waals surface area contributed by atoms with Crippen LogP contribution >= 0.6 is 0 Å². The molecule has 0 aliphatic carbocycles. The van der Waals surface area contributed by atoms with E-state index in [0.29, 0.717) is 6.42 Å². The molecule has 0 unspecified atom stereocenters. The fourth-order valence-electron chi connectivity index (χ4n) is 0.892. The van der Waals surface area contributed by atoms with Crippen molar-refractivity contribution in [1.29, 1.82) is 0 Å². The summed E-state index contributed by atoms with van der Waals surface area (Å²) < 4.78 is 0. The molecule has 2 amide bonds. The van der Waals surface area contributed by atoms with E-state index < -0.39 is 23.8 Å². The van der Waals surface area contributed by atoms with Gasteiger partial charge in [0.1, 0.15) is 0 Å². The molecule has 0 spiro atoms. The summed E-state index contributed by atoms with van der Waals surface area (Å²) in [5.74, 6) is -2.08. The molecule has 6 N–H and O–H groups in total. The van der Waals surface area contributed by atoms with Crippen molar-refractivity contribution in [1.82, 2.24) is 5.32 Å². The molecular formula is C8H15N3O4. The van der Waals surface area contributed by atoms with Gasteiger partial charge in [0.2, 0.25) is 11.8 Å². The van der Waals surface area contributed by atoms with Crippen LogP contribution in [0.5, 0.6) is 0 Å². The third kappa shape index (κ3) is 7.44. The summed E-state index contributed by atoms with van der Waals surface area (Å²) in [6, 6.07) is -0.965. The van der Waals surface area contributed by atoms with Crippen molar-refractivity contribution in [3.63, 3.8) is 0 Å². The fraction of sp³-hybridized carbons (Fsp3) is 0.625. The van der Waals surface area contributed by atoms with Gasteiger partial charge < -0.3 is 21.9 Å². The first-order valence-electron chi connectivity index (χ1n) is 4.47. The molecule has 0 fully saturated rings. The lowest BCUT2D eigenvalue weighted by atomic mass is 10.2. The number of aliphatic carboxylic acids is 1. The van der Waals surface area contributed by atoms with Crippen molar-refractivity contribution in [3.8, 4) is 0 Å². The summed E-state index contributed by atoms with van der Waals surface area (Å²) in [7, 11) is 0. The molecule has 0 radical (unpaired) electrons. The lowest BCUT2D eigenvalue weighted by Crippen LogP contribution is -2.43. The normalized spacial score (nSPS) is 11.8. The first-order chi connectivity index (χ1) is 6.93. The molecule has 0 aromatic heterocycles. The molecule has 0 aromatic carbocycles. The number of carboxylic acid groups (broad SMARTS) is 1. The number of carboxylic acids is 1. The molecule has 0 heterocycles. The zero-order chi connectivity index (χ0) is 11.8. The van der Waals surface area contributed by atoms with E-state index in [1.165, 1.54) is 0 Å². The van der Waals surface area contributed by atoms with Gasteiger partial charge >= 0.3 is 5.97 Å². The zero-order valence-corrected chi connectivity index (χ0v) is 8.23. The highest BCUT2D eigenvalue weighted by Crippen LogP contribution is 1.89. The van der Waals surface area contributed by atoms with Crippen LogP contribution in [-0.2, 0) is 14.4 Å². The van der Waals surface area contributed by atoms with Crippen LogP contribution in [0, 0.1) is 0 Å². The average Bonchev–Trinajstić information content (AvgIpc) is 2.10. The van der Waals surface area contributed by atoms with Gasteiger partial charge in [0, 0.05) is 13.0 Å². The summed E-state index contributed by atoms with van der Waals surface area (Å²) in [5.41, 5.74) is 10.2. The van der Waals surface area contributed by atoms with Crippen LogP contribution in [0.1, 0.15) is 19.3 Å². The molecule has 0 rings (SSSR count). The predicted molar refractivity (Wildman–Crippen MR) is 51.7 cm³/mol. The molecular weight excluding hydrogens is 202 g/mol. The summed E-state index contributed by atoms with van der Waals surface area (Å²) >= 11 is 0. The van der Waals surface area contributed by atoms with Gasteiger partial charge in [-0.15, -0.1) is 0 Å². The largest absolute Gasteiger partial charge is 0.481 e. The molecule has 0 saturated heterocycles. The van der Waals surface area contributed by atoms with Gasteiger partial charge in [-0.1, -0.05) is 0 Å². The minimum atomic E-state index is -0.965. The highest BCUT2D eigenvalue weighted by Gasteiger charge is 2.14. The maximum atomic E-state index is 11.1. The number of nitrogens with two attached hydrogens (primary N) is 2. The Morgan fingerprint density at radius 2 is 1.93 bits per heavy atom. The number of nitrogens with one attached hydrogen (secondary N) is 1. The lowest BCUT2D eigenvalue weighted by Gasteiger charge is -2.09. The Morgan fingerprint density at radius 3 is 2.40 bits per heavy atom. The molecule has 86 valence electrons. The third-order valence-corrected chi connectivity index (χ3v) is 1.62. The van der Waals surface area contributed by atoms with Gasteiger partial charge in [-0.25, -0.2) is 0 Å². The van der Waals surface area contributed by atoms with Crippen LogP contribution < -0.4 is 16.8 Å². The Hall–Kier alpha value is -1.63. The van der Waals surface area contributed by atoms with E-state index in [-0.39, 0.29) is 19.4 Å². The van der Waals surface area contributed by atoms with E-state index in [9.17, 15) is 14.4 Å². The Balaban J connectivity index is 3.64. The monoisotopic (exact) mass is 217 g/mol. The molecule has 7 heteroatoms. The van der Waals surface area contributed by atoms with Crippen LogP contribution in [0.4, 0.5) is 0 Å². The number of rotatable bonds is 7. The molecule has 15 heavy (non-hydrogen) atoms. The maximum absolute atomic E-state index is 11.1. The lowest BCUT2D eigenvalue weighted by molar-refractivity contribution is -0.137. The van der Waals surface area contributed by atoms with Gasteiger partial charge in [0.15, 0.2) is 0 Å². The quantitative estimate of drug-likeness (QED) is 0.372. The van der Waals surface area contributed by atoms with E-state index in [1.807, 2.05) is 0 Å². The number of amides is 2. The minimum Gasteiger partial charge on any atom is -0.481 e. The van der Waals surface area contributed by atoms with E-state index in [0.717, 1.165) is 0 Å². The molecule has 1 atom stereocenters. The number of carbonyl (C=O) groups is 3. The van der Waals surface area contributed by atoms with Crippen molar-refractivity contribution in [3.05, 3.63) is 0 Å². The Bertz CT molecular complexity index is 254. The summed E-state index contributed by atoms with van der Waals surface area (Å²) in [6.45, 7) is 0.220. The highest BCUT2D eigenvalue weighted by molar-refractivity contribution is 5.87. The molecule has 7 nitrogen and oxygen atoms in total. The summed E-state index contributed by atoms with van der Waals surface area (Å²) in [5, 5.41) is 10.7. The molecule has 0 aliphatic heterocycles. The third-order valence-electron chi connectivity index (χ3n) is 1.62. The molecule has 0 aliphatic rings. The van der Waals surface area contributed by atoms with Crippen LogP contribution in [0.2, 0.25) is 0 Å². The van der Waals surface area contributed by atoms with E-state index >= 15 is 0 Å². The van der Waals surface area contributed by atoms with Gasteiger partial charge in [0.05, 0.1) is 12.5 Å². The second kappa shape index (κ2) is 6.77. The number of carbonyl (C=O) groups excluding carboxylic acids is 2.